The van der Waals surface area contributed by atoms with Crippen molar-refractivity contribution in [1.29, 1.82) is 0 Å². The van der Waals surface area contributed by atoms with E-state index in [0.717, 1.165) is 30.9 Å². The first kappa shape index (κ1) is 20.3. The molecule has 32 heavy (non-hydrogen) atoms. The molecule has 0 saturated heterocycles. The Morgan fingerprint density at radius 1 is 0.812 bits per heavy atom. The van der Waals surface area contributed by atoms with E-state index in [9.17, 15) is 4.79 Å². The predicted molar refractivity (Wildman–Crippen MR) is 125 cm³/mol. The molecule has 0 radical (unpaired) electrons. The second-order valence-corrected chi connectivity index (χ2v) is 8.25. The van der Waals surface area contributed by atoms with E-state index in [1.54, 1.807) is 0 Å². The number of nitrogens with zero attached hydrogens (tertiary/aromatic N) is 2. The van der Waals surface area contributed by atoms with E-state index in [0.29, 0.717) is 12.1 Å². The van der Waals surface area contributed by atoms with Gasteiger partial charge in [0, 0.05) is 17.5 Å². The number of benzene rings is 3. The number of aromatic nitrogens is 2. The molecule has 2 heterocycles. The molecule has 0 N–H and O–H groups in total. The van der Waals surface area contributed by atoms with Gasteiger partial charge in [-0.3, -0.25) is 4.79 Å². The van der Waals surface area contributed by atoms with Crippen molar-refractivity contribution in [2.24, 2.45) is 0 Å². The summed E-state index contributed by atoms with van der Waals surface area (Å²) in [5, 5.41) is 0. The van der Waals surface area contributed by atoms with Crippen molar-refractivity contribution >= 4 is 5.78 Å². The highest BCUT2D eigenvalue weighted by molar-refractivity contribution is 5.95. The molecule has 3 aromatic carbocycles. The molecule has 0 atom stereocenters. The Morgan fingerprint density at radius 3 is 2.25 bits per heavy atom. The fourth-order valence-corrected chi connectivity index (χ4v) is 4.40. The molecular formula is C28H27N2O2+. The van der Waals surface area contributed by atoms with E-state index in [-0.39, 0.29) is 5.78 Å². The van der Waals surface area contributed by atoms with Gasteiger partial charge in [0.1, 0.15) is 17.7 Å². The Bertz CT molecular complexity index is 1200. The summed E-state index contributed by atoms with van der Waals surface area (Å²) in [6.07, 6.45) is 6.73. The van der Waals surface area contributed by atoms with Crippen molar-refractivity contribution in [3.63, 3.8) is 0 Å². The van der Waals surface area contributed by atoms with Crippen LogP contribution in [0.5, 0.6) is 11.5 Å². The SMILES string of the molecule is O=C(C[n+]1cc(-c2ccccc2)n2c1CCCCC2)c1ccc(Oc2ccccc2)cc1. The highest BCUT2D eigenvalue weighted by Crippen LogP contribution is 2.24. The molecule has 1 aliphatic rings. The Hall–Kier alpha value is -3.66. The van der Waals surface area contributed by atoms with E-state index < -0.39 is 0 Å². The smallest absolute Gasteiger partial charge is 0.257 e. The van der Waals surface area contributed by atoms with Crippen LogP contribution in [0.4, 0.5) is 0 Å². The van der Waals surface area contributed by atoms with E-state index >= 15 is 0 Å². The van der Waals surface area contributed by atoms with Gasteiger partial charge in [-0.25, -0.2) is 9.13 Å². The van der Waals surface area contributed by atoms with E-state index in [1.165, 1.54) is 29.9 Å². The number of ketones is 1. The monoisotopic (exact) mass is 423 g/mol. The maximum Gasteiger partial charge on any atom is 0.257 e. The van der Waals surface area contributed by atoms with Crippen LogP contribution in [0.1, 0.15) is 35.4 Å². The van der Waals surface area contributed by atoms with E-state index in [2.05, 4.69) is 39.6 Å². The minimum atomic E-state index is 0.110. The summed E-state index contributed by atoms with van der Waals surface area (Å²) in [7, 11) is 0. The number of imidazole rings is 1. The normalized spacial score (nSPS) is 13.2. The Balaban J connectivity index is 1.38. The largest absolute Gasteiger partial charge is 0.457 e. The molecule has 1 aromatic heterocycles. The second-order valence-electron chi connectivity index (χ2n) is 8.25. The third-order valence-corrected chi connectivity index (χ3v) is 6.03. The zero-order valence-electron chi connectivity index (χ0n) is 18.1. The lowest BCUT2D eigenvalue weighted by atomic mass is 10.1. The van der Waals surface area contributed by atoms with Crippen LogP contribution in [0.2, 0.25) is 0 Å². The quantitative estimate of drug-likeness (QED) is 0.288. The van der Waals surface area contributed by atoms with E-state index in [4.69, 9.17) is 4.74 Å². The molecule has 0 aliphatic carbocycles. The summed E-state index contributed by atoms with van der Waals surface area (Å²) in [5.74, 6) is 2.87. The lowest BCUT2D eigenvalue weighted by Gasteiger charge is -2.06. The van der Waals surface area contributed by atoms with Gasteiger partial charge in [-0.2, -0.15) is 0 Å². The molecule has 0 amide bonds. The molecule has 0 bridgehead atoms. The van der Waals surface area contributed by atoms with Gasteiger partial charge in [0.15, 0.2) is 12.2 Å². The molecule has 4 heteroatoms. The average molecular weight is 424 g/mol. The fourth-order valence-electron chi connectivity index (χ4n) is 4.40. The molecule has 160 valence electrons. The molecule has 0 fully saturated rings. The first-order chi connectivity index (χ1) is 15.8. The molecule has 1 aliphatic heterocycles. The number of para-hydroxylation sites is 1. The van der Waals surface area contributed by atoms with Gasteiger partial charge in [0.05, 0.1) is 6.54 Å². The second kappa shape index (κ2) is 9.23. The summed E-state index contributed by atoms with van der Waals surface area (Å²) < 4.78 is 10.4. The van der Waals surface area contributed by atoms with Crippen LogP contribution in [0, 0.1) is 0 Å². The summed E-state index contributed by atoms with van der Waals surface area (Å²) >= 11 is 0. The van der Waals surface area contributed by atoms with Crippen molar-refractivity contribution < 1.29 is 14.1 Å². The fraction of sp³-hybridized carbons (Fsp3) is 0.214. The first-order valence-corrected chi connectivity index (χ1v) is 11.3. The Kier molecular flexibility index (Phi) is 5.84. The summed E-state index contributed by atoms with van der Waals surface area (Å²) in [6.45, 7) is 1.35. The third kappa shape index (κ3) is 4.35. The molecule has 5 rings (SSSR count). The Labute approximate surface area is 188 Å². The van der Waals surface area contributed by atoms with Crippen molar-refractivity contribution in [1.82, 2.24) is 4.57 Å². The molecule has 0 unspecified atom stereocenters. The minimum absolute atomic E-state index is 0.110. The van der Waals surface area contributed by atoms with Gasteiger partial charge >= 0.3 is 0 Å². The number of Topliss-reactive ketones (excluding diaryl/α,β-unsaturated/α-hetero) is 1. The van der Waals surface area contributed by atoms with Crippen molar-refractivity contribution in [2.75, 3.05) is 0 Å². The van der Waals surface area contributed by atoms with E-state index in [1.807, 2.05) is 60.7 Å². The van der Waals surface area contributed by atoms with Crippen molar-refractivity contribution in [3.8, 4) is 22.8 Å². The highest BCUT2D eigenvalue weighted by atomic mass is 16.5. The van der Waals surface area contributed by atoms with Crippen LogP contribution < -0.4 is 9.30 Å². The van der Waals surface area contributed by atoms with Crippen LogP contribution in [-0.2, 0) is 19.5 Å². The minimum Gasteiger partial charge on any atom is -0.457 e. The van der Waals surface area contributed by atoms with Gasteiger partial charge in [0.25, 0.3) is 5.82 Å². The topological polar surface area (TPSA) is 35.1 Å². The first-order valence-electron chi connectivity index (χ1n) is 11.3. The maximum absolute atomic E-state index is 13.1. The van der Waals surface area contributed by atoms with Crippen LogP contribution in [0.25, 0.3) is 11.3 Å². The Morgan fingerprint density at radius 2 is 1.50 bits per heavy atom. The van der Waals surface area contributed by atoms with Crippen LogP contribution >= 0.6 is 0 Å². The van der Waals surface area contributed by atoms with Gasteiger partial charge in [-0.15, -0.1) is 0 Å². The van der Waals surface area contributed by atoms with Gasteiger partial charge in [-0.1, -0.05) is 48.5 Å². The molecule has 4 aromatic rings. The van der Waals surface area contributed by atoms with Crippen LogP contribution in [-0.4, -0.2) is 10.4 Å². The molecule has 0 spiro atoms. The summed E-state index contributed by atoms with van der Waals surface area (Å²) in [6, 6.07) is 27.6. The average Bonchev–Trinajstić information content (AvgIpc) is 3.00. The third-order valence-electron chi connectivity index (χ3n) is 6.03. The van der Waals surface area contributed by atoms with Crippen molar-refractivity contribution in [2.45, 2.75) is 38.8 Å². The number of hydrogen-bond acceptors (Lipinski definition) is 2. The number of carbonyl (C=O) groups excluding carboxylic acids is 1. The van der Waals surface area contributed by atoms with Gasteiger partial charge < -0.3 is 4.74 Å². The van der Waals surface area contributed by atoms with Crippen molar-refractivity contribution in [3.05, 3.63) is 103 Å². The molecular weight excluding hydrogens is 396 g/mol. The number of fused-ring (bicyclic) bond motifs is 1. The lowest BCUT2D eigenvalue weighted by Crippen LogP contribution is -2.40. The zero-order valence-corrected chi connectivity index (χ0v) is 18.1. The van der Waals surface area contributed by atoms with Gasteiger partial charge in [0.2, 0.25) is 5.78 Å². The number of hydrogen-bond donors (Lipinski definition) is 0. The lowest BCUT2D eigenvalue weighted by molar-refractivity contribution is -0.690. The standard InChI is InChI=1S/C28H27N2O2/c31-27(23-15-17-25(18-16-23)32-24-12-6-2-7-13-24)21-29-20-26(22-10-4-1-5-11-22)30-19-9-3-8-14-28(29)30/h1-2,4-7,10-13,15-18,20H,3,8-9,14,19,21H2/q+1. The number of ether oxygens (including phenoxy) is 1. The number of rotatable bonds is 6. The summed E-state index contributed by atoms with van der Waals surface area (Å²) in [4.78, 5) is 13.1. The number of carbonyl (C=O) groups is 1. The molecule has 4 nitrogen and oxygen atoms in total. The molecule has 0 saturated carbocycles. The highest BCUT2D eigenvalue weighted by Gasteiger charge is 2.27. The van der Waals surface area contributed by atoms with Crippen LogP contribution in [0.15, 0.2) is 91.1 Å². The summed E-state index contributed by atoms with van der Waals surface area (Å²) in [5.41, 5.74) is 3.10. The zero-order chi connectivity index (χ0) is 21.8. The predicted octanol–water partition coefficient (Wildman–Crippen LogP) is 5.84. The van der Waals surface area contributed by atoms with Crippen LogP contribution in [0.3, 0.4) is 0 Å². The maximum atomic E-state index is 13.1. The van der Waals surface area contributed by atoms with Gasteiger partial charge in [-0.05, 0) is 55.7 Å².